The van der Waals surface area contributed by atoms with E-state index in [-0.39, 0.29) is 24.7 Å². The lowest BCUT2D eigenvalue weighted by molar-refractivity contribution is -0.135. The molecule has 0 heterocycles. The monoisotopic (exact) mass is 336 g/mol. The number of ether oxygens (including phenoxy) is 2. The van der Waals surface area contributed by atoms with Crippen LogP contribution in [-0.4, -0.2) is 63.7 Å². The van der Waals surface area contributed by atoms with E-state index in [2.05, 4.69) is 28.7 Å². The van der Waals surface area contributed by atoms with Crippen LogP contribution in [0.25, 0.3) is 0 Å². The molecule has 0 radical (unpaired) electrons. The van der Waals surface area contributed by atoms with Gasteiger partial charge in [-0.2, -0.15) is 0 Å². The highest BCUT2D eigenvalue weighted by molar-refractivity contribution is 7.94. The summed E-state index contributed by atoms with van der Waals surface area (Å²) in [5, 5.41) is 5.92. The summed E-state index contributed by atoms with van der Waals surface area (Å²) in [7, 11) is 0. The third-order valence-corrected chi connectivity index (χ3v) is 2.82. The number of amides is 1. The largest absolute Gasteiger partial charge is 0.392 e. The van der Waals surface area contributed by atoms with Crippen molar-refractivity contribution in [2.45, 2.75) is 32.7 Å². The zero-order valence-electron chi connectivity index (χ0n) is 13.7. The van der Waals surface area contributed by atoms with E-state index in [9.17, 15) is 9.59 Å². The minimum Gasteiger partial charge on any atom is -0.392 e. The Hall–Kier alpha value is -0.830. The van der Waals surface area contributed by atoms with Gasteiger partial charge >= 0.3 is 5.97 Å². The van der Waals surface area contributed by atoms with E-state index in [0.717, 1.165) is 18.6 Å². The van der Waals surface area contributed by atoms with E-state index in [1.54, 1.807) is 6.26 Å². The average molecular weight is 336 g/mol. The van der Waals surface area contributed by atoms with Gasteiger partial charge in [-0.15, -0.1) is 0 Å². The number of carbonyl (C=O) groups excluding carboxylic acids is 2. The first-order chi connectivity index (χ1) is 10.6. The van der Waals surface area contributed by atoms with Gasteiger partial charge in [-0.25, -0.2) is 0 Å². The Balaban J connectivity index is 3.25. The van der Waals surface area contributed by atoms with Crippen LogP contribution in [0.5, 0.6) is 0 Å². The molecule has 0 rings (SSSR count). The van der Waals surface area contributed by atoms with Crippen LogP contribution in [0.2, 0.25) is 0 Å². The van der Waals surface area contributed by atoms with Gasteiger partial charge in [0.05, 0.1) is 44.9 Å². The van der Waals surface area contributed by atoms with Gasteiger partial charge < -0.3 is 24.3 Å². The van der Waals surface area contributed by atoms with Crippen LogP contribution in [0.4, 0.5) is 0 Å². The van der Waals surface area contributed by atoms with Crippen LogP contribution >= 0.6 is 12.0 Å². The molecule has 8 heteroatoms. The first-order valence-electron chi connectivity index (χ1n) is 7.45. The van der Waals surface area contributed by atoms with Crippen molar-refractivity contribution in [2.24, 2.45) is 0 Å². The fraction of sp³-hybridized carbons (Fsp3) is 0.857. The minimum atomic E-state index is -0.386. The van der Waals surface area contributed by atoms with Gasteiger partial charge in [0.1, 0.15) is 0 Å². The van der Waals surface area contributed by atoms with Crippen LogP contribution in [-0.2, 0) is 23.2 Å². The third kappa shape index (κ3) is 15.6. The minimum absolute atomic E-state index is 0.0891. The average Bonchev–Trinajstić information content (AvgIpc) is 2.47. The molecule has 7 nitrogen and oxygen atoms in total. The molecule has 0 fully saturated rings. The Morgan fingerprint density at radius 3 is 2.23 bits per heavy atom. The number of hydrogen-bond acceptors (Lipinski definition) is 7. The van der Waals surface area contributed by atoms with Crippen molar-refractivity contribution in [1.82, 2.24) is 10.6 Å². The molecular weight excluding hydrogens is 308 g/mol. The quantitative estimate of drug-likeness (QED) is 0.357. The molecular formula is C14H28N2O5S. The molecule has 0 aromatic rings. The molecule has 22 heavy (non-hydrogen) atoms. The van der Waals surface area contributed by atoms with Crippen molar-refractivity contribution >= 4 is 23.9 Å². The summed E-state index contributed by atoms with van der Waals surface area (Å²) < 4.78 is 15.3. The molecule has 130 valence electrons. The van der Waals surface area contributed by atoms with Crippen LogP contribution < -0.4 is 10.6 Å². The first kappa shape index (κ1) is 21.2. The number of carbonyl (C=O) groups is 2. The lowest BCUT2D eigenvalue weighted by atomic mass is 10.3. The van der Waals surface area contributed by atoms with Crippen molar-refractivity contribution in [3.63, 3.8) is 0 Å². The summed E-state index contributed by atoms with van der Waals surface area (Å²) in [4.78, 5) is 22.4. The summed E-state index contributed by atoms with van der Waals surface area (Å²) in [5.74, 6) is -0.569. The summed E-state index contributed by atoms with van der Waals surface area (Å²) in [6.45, 7) is 7.54. The molecule has 0 unspecified atom stereocenters. The molecule has 0 aliphatic carbocycles. The van der Waals surface area contributed by atoms with Gasteiger partial charge in [0, 0.05) is 31.8 Å². The second-order valence-corrected chi connectivity index (χ2v) is 5.31. The second kappa shape index (κ2) is 15.1. The highest BCUT2D eigenvalue weighted by atomic mass is 32.2. The van der Waals surface area contributed by atoms with Crippen molar-refractivity contribution in [3.8, 4) is 0 Å². The molecule has 0 atom stereocenters. The van der Waals surface area contributed by atoms with Crippen LogP contribution in [0, 0.1) is 0 Å². The summed E-state index contributed by atoms with van der Waals surface area (Å²) in [6.07, 6.45) is 1.87. The van der Waals surface area contributed by atoms with Gasteiger partial charge in [-0.1, -0.05) is 13.8 Å². The standard InChI is InChI=1S/C14H28N2O5S/c1-12(2)15-6-8-19-10-11-20-9-7-16-13(17)4-5-14(18)21-22-3/h12,15H,4-11H2,1-3H3,(H,16,17). The van der Waals surface area contributed by atoms with Gasteiger partial charge in [0.15, 0.2) is 0 Å². The molecule has 0 saturated carbocycles. The molecule has 0 aliphatic rings. The second-order valence-electron chi connectivity index (χ2n) is 4.81. The predicted molar refractivity (Wildman–Crippen MR) is 86.6 cm³/mol. The lowest BCUT2D eigenvalue weighted by Crippen LogP contribution is -2.28. The van der Waals surface area contributed by atoms with Gasteiger partial charge in [-0.05, 0) is 0 Å². The summed E-state index contributed by atoms with van der Waals surface area (Å²) >= 11 is 0.979. The van der Waals surface area contributed by atoms with Gasteiger partial charge in [0.2, 0.25) is 5.91 Å². The Morgan fingerprint density at radius 1 is 1.00 bits per heavy atom. The Morgan fingerprint density at radius 2 is 1.64 bits per heavy atom. The first-order valence-corrected chi connectivity index (χ1v) is 8.60. The number of nitrogens with one attached hydrogen (secondary N) is 2. The Labute approximate surface area is 137 Å². The molecule has 0 aromatic heterocycles. The van der Waals surface area contributed by atoms with Gasteiger partial charge in [0.25, 0.3) is 0 Å². The van der Waals surface area contributed by atoms with E-state index < -0.39 is 0 Å². The van der Waals surface area contributed by atoms with Crippen molar-refractivity contribution < 1.29 is 23.2 Å². The SMILES string of the molecule is CSOC(=O)CCC(=O)NCCOCCOCCNC(C)C. The smallest absolute Gasteiger partial charge is 0.318 e. The number of hydrogen-bond donors (Lipinski definition) is 2. The molecule has 1 amide bonds. The highest BCUT2D eigenvalue weighted by Crippen LogP contribution is 2.00. The molecule has 0 spiro atoms. The fourth-order valence-corrected chi connectivity index (χ4v) is 1.71. The van der Waals surface area contributed by atoms with Crippen molar-refractivity contribution in [1.29, 1.82) is 0 Å². The molecule has 0 saturated heterocycles. The molecule has 0 bridgehead atoms. The number of rotatable bonds is 14. The van der Waals surface area contributed by atoms with Gasteiger partial charge in [-0.3, -0.25) is 9.59 Å². The van der Waals surface area contributed by atoms with Crippen molar-refractivity contribution in [2.75, 3.05) is 45.8 Å². The van der Waals surface area contributed by atoms with E-state index in [0.29, 0.717) is 39.0 Å². The van der Waals surface area contributed by atoms with Crippen LogP contribution in [0.1, 0.15) is 26.7 Å². The lowest BCUT2D eigenvalue weighted by Gasteiger charge is -2.09. The normalized spacial score (nSPS) is 10.7. The van der Waals surface area contributed by atoms with E-state index in [1.165, 1.54) is 0 Å². The van der Waals surface area contributed by atoms with E-state index in [4.69, 9.17) is 9.47 Å². The maximum atomic E-state index is 11.4. The topological polar surface area (TPSA) is 85.9 Å². The molecule has 0 aromatic carbocycles. The summed E-state index contributed by atoms with van der Waals surface area (Å²) in [6, 6.07) is 0.464. The maximum Gasteiger partial charge on any atom is 0.318 e. The predicted octanol–water partition coefficient (Wildman–Crippen LogP) is 0.735. The maximum absolute atomic E-state index is 11.4. The van der Waals surface area contributed by atoms with Crippen LogP contribution in [0.15, 0.2) is 0 Å². The summed E-state index contributed by atoms with van der Waals surface area (Å²) in [5.41, 5.74) is 0. The molecule has 0 aliphatic heterocycles. The van der Waals surface area contributed by atoms with Crippen LogP contribution in [0.3, 0.4) is 0 Å². The highest BCUT2D eigenvalue weighted by Gasteiger charge is 2.07. The zero-order chi connectivity index (χ0) is 16.6. The fourth-order valence-electron chi connectivity index (χ4n) is 1.44. The Bertz CT molecular complexity index is 303. The van der Waals surface area contributed by atoms with E-state index >= 15 is 0 Å². The van der Waals surface area contributed by atoms with E-state index in [1.807, 2.05) is 0 Å². The van der Waals surface area contributed by atoms with Crippen molar-refractivity contribution in [3.05, 3.63) is 0 Å². The zero-order valence-corrected chi connectivity index (χ0v) is 14.5. The molecule has 2 N–H and O–H groups in total. The Kier molecular flexibility index (Phi) is 14.5. The third-order valence-electron chi connectivity index (χ3n) is 2.47.